The smallest absolute Gasteiger partial charge is 0.0681 e. The Morgan fingerprint density at radius 3 is 2.00 bits per heavy atom. The second-order valence-electron chi connectivity index (χ2n) is 6.74. The molecule has 0 aliphatic rings. The molecule has 0 atom stereocenters. The molecule has 0 aliphatic heterocycles. The number of aryl methyl sites for hydroxylation is 1. The maximum absolute atomic E-state index is 9.17. The normalized spacial score (nSPS) is 10.7. The van der Waals surface area contributed by atoms with E-state index in [4.69, 9.17) is 4.99 Å². The summed E-state index contributed by atoms with van der Waals surface area (Å²) in [4.78, 5) is 4.98. The number of aliphatic hydroxyl groups is 1. The van der Waals surface area contributed by atoms with Crippen LogP contribution in [0.5, 0.6) is 0 Å². The monoisotopic (exact) mass is 337 g/mol. The molecule has 0 aromatic heterocycles. The van der Waals surface area contributed by atoms with Crippen LogP contribution in [0.3, 0.4) is 0 Å². The molecule has 0 heterocycles. The quantitative estimate of drug-likeness (QED) is 0.513. The SMILES string of the molecule is CCCCC(CCCC)=Nc1ccc(-c2ccc(CO)cc2)cc1C. The molecule has 0 unspecified atom stereocenters. The fourth-order valence-electron chi connectivity index (χ4n) is 2.93. The molecule has 0 aliphatic carbocycles. The molecule has 0 saturated heterocycles. The first-order valence-electron chi connectivity index (χ1n) is 9.55. The van der Waals surface area contributed by atoms with E-state index in [2.05, 4.69) is 51.1 Å². The predicted molar refractivity (Wildman–Crippen MR) is 109 cm³/mol. The van der Waals surface area contributed by atoms with Crippen molar-refractivity contribution >= 4 is 11.4 Å². The summed E-state index contributed by atoms with van der Waals surface area (Å²) in [5, 5.41) is 9.17. The van der Waals surface area contributed by atoms with Crippen LogP contribution in [0.1, 0.15) is 63.5 Å². The van der Waals surface area contributed by atoms with E-state index in [1.165, 1.54) is 48.1 Å². The molecule has 2 rings (SSSR count). The number of benzene rings is 2. The Balaban J connectivity index is 2.22. The average molecular weight is 338 g/mol. The molecule has 0 radical (unpaired) electrons. The second-order valence-corrected chi connectivity index (χ2v) is 6.74. The number of hydrogen-bond donors (Lipinski definition) is 1. The van der Waals surface area contributed by atoms with Crippen molar-refractivity contribution in [2.45, 2.75) is 65.9 Å². The van der Waals surface area contributed by atoms with Crippen LogP contribution in [0.15, 0.2) is 47.5 Å². The minimum Gasteiger partial charge on any atom is -0.392 e. The van der Waals surface area contributed by atoms with Gasteiger partial charge in [0.1, 0.15) is 0 Å². The molecule has 1 N–H and O–H groups in total. The van der Waals surface area contributed by atoms with Crippen LogP contribution < -0.4 is 0 Å². The molecule has 2 heteroatoms. The zero-order valence-corrected chi connectivity index (χ0v) is 15.9. The van der Waals surface area contributed by atoms with Gasteiger partial charge >= 0.3 is 0 Å². The summed E-state index contributed by atoms with van der Waals surface area (Å²) in [6.07, 6.45) is 7.09. The first kappa shape index (κ1) is 19.4. The zero-order chi connectivity index (χ0) is 18.1. The molecule has 0 spiro atoms. The highest BCUT2D eigenvalue weighted by Gasteiger charge is 2.05. The van der Waals surface area contributed by atoms with E-state index < -0.39 is 0 Å². The molecule has 2 aromatic rings. The van der Waals surface area contributed by atoms with Crippen molar-refractivity contribution in [3.05, 3.63) is 53.6 Å². The minimum atomic E-state index is 0.0885. The maximum Gasteiger partial charge on any atom is 0.0681 e. The van der Waals surface area contributed by atoms with Gasteiger partial charge in [0.2, 0.25) is 0 Å². The molecule has 0 saturated carbocycles. The van der Waals surface area contributed by atoms with E-state index in [-0.39, 0.29) is 6.61 Å². The topological polar surface area (TPSA) is 32.6 Å². The molecule has 134 valence electrons. The van der Waals surface area contributed by atoms with Gasteiger partial charge in [-0.05, 0) is 67.0 Å². The number of rotatable bonds is 9. The van der Waals surface area contributed by atoms with Gasteiger partial charge in [-0.15, -0.1) is 0 Å². The van der Waals surface area contributed by atoms with Gasteiger partial charge in [-0.25, -0.2) is 0 Å². The van der Waals surface area contributed by atoms with Crippen molar-refractivity contribution in [1.82, 2.24) is 0 Å². The van der Waals surface area contributed by atoms with Gasteiger partial charge in [-0.1, -0.05) is 57.0 Å². The molecule has 2 aromatic carbocycles. The highest BCUT2D eigenvalue weighted by atomic mass is 16.3. The van der Waals surface area contributed by atoms with Crippen molar-refractivity contribution in [2.75, 3.05) is 0 Å². The average Bonchev–Trinajstić information content (AvgIpc) is 2.65. The summed E-state index contributed by atoms with van der Waals surface area (Å²) < 4.78 is 0. The molecule has 0 amide bonds. The van der Waals surface area contributed by atoms with Crippen molar-refractivity contribution < 1.29 is 5.11 Å². The van der Waals surface area contributed by atoms with Crippen molar-refractivity contribution in [1.29, 1.82) is 0 Å². The lowest BCUT2D eigenvalue weighted by molar-refractivity contribution is 0.282. The van der Waals surface area contributed by atoms with Crippen LogP contribution in [-0.2, 0) is 6.61 Å². The van der Waals surface area contributed by atoms with Gasteiger partial charge in [0, 0.05) is 5.71 Å². The fraction of sp³-hybridized carbons (Fsp3) is 0.435. The number of unbranched alkanes of at least 4 members (excludes halogenated alkanes) is 2. The first-order valence-corrected chi connectivity index (χ1v) is 9.55. The Hall–Kier alpha value is -1.93. The zero-order valence-electron chi connectivity index (χ0n) is 15.9. The Labute approximate surface area is 152 Å². The number of aliphatic imine (C=N–C) groups is 1. The van der Waals surface area contributed by atoms with Gasteiger partial charge in [-0.2, -0.15) is 0 Å². The van der Waals surface area contributed by atoms with Gasteiger partial charge in [0.05, 0.1) is 12.3 Å². The van der Waals surface area contributed by atoms with Gasteiger partial charge in [-0.3, -0.25) is 4.99 Å². The van der Waals surface area contributed by atoms with Gasteiger partial charge < -0.3 is 5.11 Å². The van der Waals surface area contributed by atoms with E-state index in [0.717, 1.165) is 24.1 Å². The summed E-state index contributed by atoms with van der Waals surface area (Å²) in [5.74, 6) is 0. The van der Waals surface area contributed by atoms with E-state index in [1.54, 1.807) is 0 Å². The van der Waals surface area contributed by atoms with Crippen LogP contribution >= 0.6 is 0 Å². The van der Waals surface area contributed by atoms with Crippen LogP contribution in [0.2, 0.25) is 0 Å². The standard InChI is InChI=1S/C23H31NO/c1-4-6-8-22(9-7-5-2)24-23-15-14-21(16-18(23)3)20-12-10-19(17-25)11-13-20/h10-16,25H,4-9,17H2,1-3H3. The third-order valence-corrected chi connectivity index (χ3v) is 4.58. The van der Waals surface area contributed by atoms with Crippen LogP contribution in [0.4, 0.5) is 5.69 Å². The molecular formula is C23H31NO. The second kappa shape index (κ2) is 10.1. The highest BCUT2D eigenvalue weighted by Crippen LogP contribution is 2.27. The largest absolute Gasteiger partial charge is 0.392 e. The molecule has 0 bridgehead atoms. The Bertz CT molecular complexity index is 676. The van der Waals surface area contributed by atoms with Crippen molar-refractivity contribution in [3.63, 3.8) is 0 Å². The summed E-state index contributed by atoms with van der Waals surface area (Å²) in [7, 11) is 0. The number of hydrogen-bond acceptors (Lipinski definition) is 2. The lowest BCUT2D eigenvalue weighted by atomic mass is 10.0. The predicted octanol–water partition coefficient (Wildman–Crippen LogP) is 6.61. The van der Waals surface area contributed by atoms with Crippen LogP contribution in [0, 0.1) is 6.92 Å². The van der Waals surface area contributed by atoms with Crippen molar-refractivity contribution in [2.24, 2.45) is 4.99 Å². The summed E-state index contributed by atoms with van der Waals surface area (Å²) in [6, 6.07) is 14.6. The molecule has 25 heavy (non-hydrogen) atoms. The third-order valence-electron chi connectivity index (χ3n) is 4.58. The third kappa shape index (κ3) is 5.82. The van der Waals surface area contributed by atoms with E-state index in [9.17, 15) is 5.11 Å². The number of nitrogens with zero attached hydrogens (tertiary/aromatic N) is 1. The van der Waals surface area contributed by atoms with Crippen LogP contribution in [-0.4, -0.2) is 10.8 Å². The fourth-order valence-corrected chi connectivity index (χ4v) is 2.93. The van der Waals surface area contributed by atoms with E-state index >= 15 is 0 Å². The number of aliphatic hydroxyl groups excluding tert-OH is 1. The first-order chi connectivity index (χ1) is 12.2. The minimum absolute atomic E-state index is 0.0885. The van der Waals surface area contributed by atoms with Gasteiger partial charge in [0.25, 0.3) is 0 Å². The molecule has 2 nitrogen and oxygen atoms in total. The molecular weight excluding hydrogens is 306 g/mol. The summed E-state index contributed by atoms with van der Waals surface area (Å²) >= 11 is 0. The Kier molecular flexibility index (Phi) is 7.87. The Morgan fingerprint density at radius 2 is 1.48 bits per heavy atom. The highest BCUT2D eigenvalue weighted by molar-refractivity contribution is 5.87. The lowest BCUT2D eigenvalue weighted by Gasteiger charge is -2.10. The Morgan fingerprint density at radius 1 is 0.880 bits per heavy atom. The van der Waals surface area contributed by atoms with E-state index in [1.807, 2.05) is 12.1 Å². The van der Waals surface area contributed by atoms with E-state index in [0.29, 0.717) is 0 Å². The van der Waals surface area contributed by atoms with Crippen molar-refractivity contribution in [3.8, 4) is 11.1 Å². The van der Waals surface area contributed by atoms with Crippen LogP contribution in [0.25, 0.3) is 11.1 Å². The molecule has 0 fully saturated rings. The summed E-state index contributed by atoms with van der Waals surface area (Å²) in [5.41, 5.74) is 6.97. The summed E-state index contributed by atoms with van der Waals surface area (Å²) in [6.45, 7) is 6.70. The lowest BCUT2D eigenvalue weighted by Crippen LogP contribution is -1.98. The van der Waals surface area contributed by atoms with Gasteiger partial charge in [0.15, 0.2) is 0 Å². The maximum atomic E-state index is 9.17.